The normalized spacial score (nSPS) is 13.1. The zero-order valence-electron chi connectivity index (χ0n) is 9.92. The van der Waals surface area contributed by atoms with E-state index < -0.39 is 0 Å². The van der Waals surface area contributed by atoms with Gasteiger partial charge in [-0.2, -0.15) is 0 Å². The maximum Gasteiger partial charge on any atom is 0.119 e. The lowest BCUT2D eigenvalue weighted by atomic mass is 9.99. The van der Waals surface area contributed by atoms with E-state index >= 15 is 0 Å². The van der Waals surface area contributed by atoms with E-state index in [0.29, 0.717) is 0 Å². The van der Waals surface area contributed by atoms with Gasteiger partial charge in [0, 0.05) is 5.92 Å². The molecule has 2 rings (SSSR count). The third kappa shape index (κ3) is 2.38. The van der Waals surface area contributed by atoms with Gasteiger partial charge < -0.3 is 9.94 Å². The van der Waals surface area contributed by atoms with Crippen molar-refractivity contribution in [1.82, 2.24) is 0 Å². The first-order valence-corrected chi connectivity index (χ1v) is 5.50. The van der Waals surface area contributed by atoms with Crippen molar-refractivity contribution in [3.8, 4) is 5.75 Å². The Hall–Kier alpha value is -2.03. The SMILES string of the molecule is COc1ccc2cc(C(C)C=NO)ccc2c1. The highest BCUT2D eigenvalue weighted by Crippen LogP contribution is 2.24. The molecule has 0 saturated carbocycles. The molecule has 0 fully saturated rings. The molecule has 0 aliphatic carbocycles. The highest BCUT2D eigenvalue weighted by atomic mass is 16.5. The average Bonchev–Trinajstić information content (AvgIpc) is 2.37. The maximum atomic E-state index is 8.53. The van der Waals surface area contributed by atoms with Gasteiger partial charge in [0.15, 0.2) is 0 Å². The van der Waals surface area contributed by atoms with Gasteiger partial charge in [-0.05, 0) is 28.5 Å². The molecular formula is C14H15NO2. The van der Waals surface area contributed by atoms with Crippen molar-refractivity contribution < 1.29 is 9.94 Å². The Morgan fingerprint density at radius 3 is 2.59 bits per heavy atom. The van der Waals surface area contributed by atoms with Crippen LogP contribution in [0.1, 0.15) is 18.4 Å². The number of nitrogens with zero attached hydrogens (tertiary/aromatic N) is 1. The molecule has 1 unspecified atom stereocenters. The quantitative estimate of drug-likeness (QED) is 0.498. The molecule has 1 N–H and O–H groups in total. The lowest BCUT2D eigenvalue weighted by Gasteiger charge is -2.08. The van der Waals surface area contributed by atoms with E-state index in [0.717, 1.165) is 22.1 Å². The van der Waals surface area contributed by atoms with Gasteiger partial charge in [-0.1, -0.05) is 31.2 Å². The minimum Gasteiger partial charge on any atom is -0.497 e. The van der Waals surface area contributed by atoms with E-state index in [4.69, 9.17) is 9.94 Å². The van der Waals surface area contributed by atoms with E-state index in [1.807, 2.05) is 31.2 Å². The third-order valence-corrected chi connectivity index (χ3v) is 2.89. The number of methoxy groups -OCH3 is 1. The lowest BCUT2D eigenvalue weighted by molar-refractivity contribution is 0.320. The second-order valence-electron chi connectivity index (χ2n) is 4.03. The predicted molar refractivity (Wildman–Crippen MR) is 69.2 cm³/mol. The smallest absolute Gasteiger partial charge is 0.119 e. The number of oxime groups is 1. The van der Waals surface area contributed by atoms with Crippen LogP contribution in [0.5, 0.6) is 5.75 Å². The summed E-state index contributed by atoms with van der Waals surface area (Å²) in [7, 11) is 1.66. The molecule has 3 nitrogen and oxygen atoms in total. The molecule has 88 valence electrons. The Morgan fingerprint density at radius 1 is 1.18 bits per heavy atom. The number of ether oxygens (including phenoxy) is 1. The van der Waals surface area contributed by atoms with Gasteiger partial charge >= 0.3 is 0 Å². The highest BCUT2D eigenvalue weighted by molar-refractivity contribution is 5.85. The molecule has 0 saturated heterocycles. The second kappa shape index (κ2) is 4.87. The molecule has 0 aromatic heterocycles. The van der Waals surface area contributed by atoms with Gasteiger partial charge in [-0.15, -0.1) is 5.16 Å². The summed E-state index contributed by atoms with van der Waals surface area (Å²) >= 11 is 0. The molecule has 0 aliphatic rings. The molecule has 2 aromatic rings. The zero-order valence-corrected chi connectivity index (χ0v) is 9.92. The van der Waals surface area contributed by atoms with Gasteiger partial charge in [0.1, 0.15) is 5.75 Å². The Balaban J connectivity index is 2.44. The van der Waals surface area contributed by atoms with Gasteiger partial charge in [-0.25, -0.2) is 0 Å². The van der Waals surface area contributed by atoms with Crippen molar-refractivity contribution in [3.63, 3.8) is 0 Å². The fourth-order valence-corrected chi connectivity index (χ4v) is 1.84. The van der Waals surface area contributed by atoms with Crippen LogP contribution in [0, 0.1) is 0 Å². The lowest BCUT2D eigenvalue weighted by Crippen LogP contribution is -1.94. The average molecular weight is 229 g/mol. The van der Waals surface area contributed by atoms with E-state index in [2.05, 4.69) is 17.3 Å². The maximum absolute atomic E-state index is 8.53. The number of hydrogen-bond acceptors (Lipinski definition) is 3. The van der Waals surface area contributed by atoms with Crippen molar-refractivity contribution in [2.75, 3.05) is 7.11 Å². The van der Waals surface area contributed by atoms with Crippen LogP contribution >= 0.6 is 0 Å². The van der Waals surface area contributed by atoms with Crippen LogP contribution < -0.4 is 4.74 Å². The van der Waals surface area contributed by atoms with Crippen LogP contribution in [0.4, 0.5) is 0 Å². The molecule has 0 heterocycles. The molecule has 0 bridgehead atoms. The van der Waals surface area contributed by atoms with Crippen LogP contribution in [-0.4, -0.2) is 18.5 Å². The first-order chi connectivity index (χ1) is 8.24. The summed E-state index contributed by atoms with van der Waals surface area (Å²) in [6, 6.07) is 12.2. The minimum atomic E-state index is 0.103. The highest BCUT2D eigenvalue weighted by Gasteiger charge is 2.04. The van der Waals surface area contributed by atoms with E-state index in [-0.39, 0.29) is 5.92 Å². The summed E-state index contributed by atoms with van der Waals surface area (Å²) in [6.45, 7) is 1.99. The van der Waals surface area contributed by atoms with E-state index in [1.165, 1.54) is 6.21 Å². The van der Waals surface area contributed by atoms with Crippen LogP contribution in [0.25, 0.3) is 10.8 Å². The first-order valence-electron chi connectivity index (χ1n) is 5.50. The Bertz CT molecular complexity index is 549. The van der Waals surface area contributed by atoms with Gasteiger partial charge in [0.2, 0.25) is 0 Å². The van der Waals surface area contributed by atoms with Gasteiger partial charge in [0.05, 0.1) is 13.3 Å². The number of rotatable bonds is 3. The third-order valence-electron chi connectivity index (χ3n) is 2.89. The monoisotopic (exact) mass is 229 g/mol. The summed E-state index contributed by atoms with van der Waals surface area (Å²) in [6.07, 6.45) is 1.52. The topological polar surface area (TPSA) is 41.8 Å². The predicted octanol–water partition coefficient (Wildman–Crippen LogP) is 3.41. The molecule has 3 heteroatoms. The second-order valence-corrected chi connectivity index (χ2v) is 4.03. The molecule has 0 radical (unpaired) electrons. The van der Waals surface area contributed by atoms with Crippen molar-refractivity contribution in [1.29, 1.82) is 0 Å². The Kier molecular flexibility index (Phi) is 3.28. The van der Waals surface area contributed by atoms with Crippen LogP contribution in [0.3, 0.4) is 0 Å². The standard InChI is InChI=1S/C14H15NO2/c1-10(9-15-16)11-3-4-13-8-14(17-2)6-5-12(13)7-11/h3-10,16H,1-2H3. The fourth-order valence-electron chi connectivity index (χ4n) is 1.84. The summed E-state index contributed by atoms with van der Waals surface area (Å²) in [5.41, 5.74) is 1.13. The Morgan fingerprint density at radius 2 is 1.88 bits per heavy atom. The summed E-state index contributed by atoms with van der Waals surface area (Å²) in [4.78, 5) is 0. The Labute approximate surface area is 100 Å². The molecule has 2 aromatic carbocycles. The van der Waals surface area contributed by atoms with E-state index in [9.17, 15) is 0 Å². The van der Waals surface area contributed by atoms with Gasteiger partial charge in [-0.3, -0.25) is 0 Å². The van der Waals surface area contributed by atoms with E-state index in [1.54, 1.807) is 7.11 Å². The molecule has 0 aliphatic heterocycles. The minimum absolute atomic E-state index is 0.103. The van der Waals surface area contributed by atoms with Crippen molar-refractivity contribution >= 4 is 17.0 Å². The molecule has 0 amide bonds. The fraction of sp³-hybridized carbons (Fsp3) is 0.214. The number of fused-ring (bicyclic) bond motifs is 1. The summed E-state index contributed by atoms with van der Waals surface area (Å²) < 4.78 is 5.18. The molecule has 1 atom stereocenters. The molecular weight excluding hydrogens is 214 g/mol. The van der Waals surface area contributed by atoms with Crippen LogP contribution in [0.2, 0.25) is 0 Å². The molecule has 0 spiro atoms. The van der Waals surface area contributed by atoms with Crippen LogP contribution in [-0.2, 0) is 0 Å². The summed E-state index contributed by atoms with van der Waals surface area (Å²) in [5, 5.41) is 13.9. The largest absolute Gasteiger partial charge is 0.497 e. The van der Waals surface area contributed by atoms with Crippen molar-refractivity contribution in [2.24, 2.45) is 5.16 Å². The number of hydrogen-bond donors (Lipinski definition) is 1. The van der Waals surface area contributed by atoms with Crippen molar-refractivity contribution in [3.05, 3.63) is 42.0 Å². The van der Waals surface area contributed by atoms with Gasteiger partial charge in [0.25, 0.3) is 0 Å². The van der Waals surface area contributed by atoms with Crippen molar-refractivity contribution in [2.45, 2.75) is 12.8 Å². The zero-order chi connectivity index (χ0) is 12.3. The first kappa shape index (κ1) is 11.5. The summed E-state index contributed by atoms with van der Waals surface area (Å²) in [5.74, 6) is 0.960. The van der Waals surface area contributed by atoms with Crippen LogP contribution in [0.15, 0.2) is 41.6 Å². The number of benzene rings is 2. The molecule has 17 heavy (non-hydrogen) atoms.